The lowest BCUT2D eigenvalue weighted by Gasteiger charge is -2.04. The molecule has 26 heavy (non-hydrogen) atoms. The highest BCUT2D eigenvalue weighted by Crippen LogP contribution is 2.29. The summed E-state index contributed by atoms with van der Waals surface area (Å²) in [5, 5.41) is 21.1. The molecular formula is C16H9Cl3N4O3. The van der Waals surface area contributed by atoms with Crippen molar-refractivity contribution < 1.29 is 9.72 Å². The molecule has 132 valence electrons. The van der Waals surface area contributed by atoms with Gasteiger partial charge in [0.15, 0.2) is 0 Å². The molecule has 0 atom stereocenters. The zero-order valence-electron chi connectivity index (χ0n) is 12.8. The summed E-state index contributed by atoms with van der Waals surface area (Å²) in [4.78, 5) is 22.8. The standard InChI is InChI=1S/C16H9Cl3N4O3/c17-9-2-4-12(15(6-9)23(25)26)20-16(24)14-7-13(21-22-14)8-1-3-10(18)11(19)5-8/h1-7H,(H,20,24)(H,21,22). The topological polar surface area (TPSA) is 101 Å². The Balaban J connectivity index is 1.85. The number of H-pyrrole nitrogens is 1. The minimum atomic E-state index is -0.629. The fourth-order valence-corrected chi connectivity index (χ4v) is 2.66. The average molecular weight is 412 g/mol. The molecule has 1 heterocycles. The molecule has 0 bridgehead atoms. The number of benzene rings is 2. The first kappa shape index (κ1) is 18.2. The van der Waals surface area contributed by atoms with Gasteiger partial charge in [0.05, 0.1) is 20.7 Å². The highest BCUT2D eigenvalue weighted by Gasteiger charge is 2.19. The fraction of sp³-hybridized carbons (Fsp3) is 0. The summed E-state index contributed by atoms with van der Waals surface area (Å²) in [6, 6.07) is 10.4. The summed E-state index contributed by atoms with van der Waals surface area (Å²) in [6.07, 6.45) is 0. The largest absolute Gasteiger partial charge is 0.315 e. The zero-order chi connectivity index (χ0) is 18.8. The van der Waals surface area contributed by atoms with E-state index < -0.39 is 10.8 Å². The Morgan fingerprint density at radius 3 is 2.54 bits per heavy atom. The van der Waals surface area contributed by atoms with Gasteiger partial charge >= 0.3 is 0 Å². The van der Waals surface area contributed by atoms with Crippen LogP contribution in [-0.4, -0.2) is 21.0 Å². The second kappa shape index (κ2) is 7.33. The summed E-state index contributed by atoms with van der Waals surface area (Å²) in [5.41, 5.74) is 0.965. The normalized spacial score (nSPS) is 10.6. The first-order chi connectivity index (χ1) is 12.3. The highest BCUT2D eigenvalue weighted by molar-refractivity contribution is 6.42. The number of nitro groups is 1. The molecule has 0 saturated heterocycles. The number of carbonyl (C=O) groups excluding carboxylic acids is 1. The molecule has 1 aromatic heterocycles. The number of amides is 1. The van der Waals surface area contributed by atoms with Crippen LogP contribution in [0.5, 0.6) is 0 Å². The van der Waals surface area contributed by atoms with E-state index >= 15 is 0 Å². The smallest absolute Gasteiger partial charge is 0.294 e. The Labute approximate surface area is 162 Å². The van der Waals surface area contributed by atoms with Crippen LogP contribution in [-0.2, 0) is 0 Å². The Kier molecular flexibility index (Phi) is 5.13. The third-order valence-electron chi connectivity index (χ3n) is 3.44. The van der Waals surface area contributed by atoms with Gasteiger partial charge in [0.2, 0.25) is 0 Å². The van der Waals surface area contributed by atoms with Gasteiger partial charge in [0.1, 0.15) is 11.4 Å². The van der Waals surface area contributed by atoms with Gasteiger partial charge in [-0.25, -0.2) is 0 Å². The molecule has 0 aliphatic rings. The summed E-state index contributed by atoms with van der Waals surface area (Å²) in [7, 11) is 0. The number of nitro benzene ring substituents is 1. The minimum Gasteiger partial charge on any atom is -0.315 e. The number of carbonyl (C=O) groups is 1. The lowest BCUT2D eigenvalue weighted by Crippen LogP contribution is -2.13. The van der Waals surface area contributed by atoms with Crippen molar-refractivity contribution in [2.75, 3.05) is 5.32 Å². The van der Waals surface area contributed by atoms with Gasteiger partial charge in [-0.2, -0.15) is 5.10 Å². The van der Waals surface area contributed by atoms with Gasteiger partial charge in [-0.3, -0.25) is 20.0 Å². The van der Waals surface area contributed by atoms with E-state index in [-0.39, 0.29) is 22.1 Å². The monoisotopic (exact) mass is 410 g/mol. The Hall–Kier alpha value is -2.61. The predicted molar refractivity (Wildman–Crippen MR) is 100 cm³/mol. The maximum absolute atomic E-state index is 12.4. The maximum atomic E-state index is 12.4. The average Bonchev–Trinajstić information content (AvgIpc) is 3.09. The van der Waals surface area contributed by atoms with Crippen LogP contribution in [0.1, 0.15) is 10.5 Å². The second-order valence-corrected chi connectivity index (χ2v) is 6.42. The number of hydrogen-bond acceptors (Lipinski definition) is 4. The molecule has 3 aromatic rings. The van der Waals surface area contributed by atoms with Crippen LogP contribution < -0.4 is 5.32 Å². The first-order valence-electron chi connectivity index (χ1n) is 7.11. The van der Waals surface area contributed by atoms with E-state index in [2.05, 4.69) is 15.5 Å². The molecule has 0 aliphatic heterocycles. The van der Waals surface area contributed by atoms with Crippen LogP contribution in [0.15, 0.2) is 42.5 Å². The lowest BCUT2D eigenvalue weighted by atomic mass is 10.1. The van der Waals surface area contributed by atoms with E-state index in [1.165, 1.54) is 18.2 Å². The van der Waals surface area contributed by atoms with Crippen LogP contribution in [0, 0.1) is 10.1 Å². The highest BCUT2D eigenvalue weighted by atomic mass is 35.5. The number of hydrogen-bond donors (Lipinski definition) is 2. The molecule has 0 aliphatic carbocycles. The van der Waals surface area contributed by atoms with Crippen molar-refractivity contribution in [2.45, 2.75) is 0 Å². The minimum absolute atomic E-state index is 0.0232. The Morgan fingerprint density at radius 2 is 1.85 bits per heavy atom. The number of aromatic nitrogens is 2. The summed E-state index contributed by atoms with van der Waals surface area (Å²) >= 11 is 17.6. The second-order valence-electron chi connectivity index (χ2n) is 5.17. The fourth-order valence-electron chi connectivity index (χ4n) is 2.19. The zero-order valence-corrected chi connectivity index (χ0v) is 15.1. The van der Waals surface area contributed by atoms with Crippen molar-refractivity contribution in [2.24, 2.45) is 0 Å². The summed E-state index contributed by atoms with van der Waals surface area (Å²) in [6.45, 7) is 0. The molecule has 1 amide bonds. The van der Waals surface area contributed by atoms with Crippen LogP contribution >= 0.6 is 34.8 Å². The number of halogens is 3. The van der Waals surface area contributed by atoms with E-state index in [4.69, 9.17) is 34.8 Å². The van der Waals surface area contributed by atoms with E-state index in [1.54, 1.807) is 18.2 Å². The van der Waals surface area contributed by atoms with E-state index in [0.717, 1.165) is 6.07 Å². The molecule has 7 nitrogen and oxygen atoms in total. The van der Waals surface area contributed by atoms with Gasteiger partial charge in [-0.05, 0) is 30.3 Å². The van der Waals surface area contributed by atoms with Gasteiger partial charge in [0, 0.05) is 16.7 Å². The quantitative estimate of drug-likeness (QED) is 0.455. The predicted octanol–water partition coefficient (Wildman–Crippen LogP) is 5.20. The van der Waals surface area contributed by atoms with Crippen molar-refractivity contribution in [3.05, 3.63) is 73.3 Å². The number of aromatic amines is 1. The van der Waals surface area contributed by atoms with Gasteiger partial charge in [-0.15, -0.1) is 0 Å². The molecular weight excluding hydrogens is 403 g/mol. The maximum Gasteiger partial charge on any atom is 0.294 e. The lowest BCUT2D eigenvalue weighted by molar-refractivity contribution is -0.383. The van der Waals surface area contributed by atoms with Crippen molar-refractivity contribution in [3.63, 3.8) is 0 Å². The number of nitrogens with one attached hydrogen (secondary N) is 2. The molecule has 2 aromatic carbocycles. The van der Waals surface area contributed by atoms with Crippen LogP contribution in [0.4, 0.5) is 11.4 Å². The molecule has 0 saturated carbocycles. The molecule has 2 N–H and O–H groups in total. The van der Waals surface area contributed by atoms with Crippen LogP contribution in [0.2, 0.25) is 15.1 Å². The van der Waals surface area contributed by atoms with E-state index in [9.17, 15) is 14.9 Å². The SMILES string of the molecule is O=C(Nc1ccc(Cl)cc1[N+](=O)[O-])c1cc(-c2ccc(Cl)c(Cl)c2)n[nH]1. The summed E-state index contributed by atoms with van der Waals surface area (Å²) in [5.74, 6) is -0.589. The Morgan fingerprint density at radius 1 is 1.08 bits per heavy atom. The van der Waals surface area contributed by atoms with Crippen LogP contribution in [0.25, 0.3) is 11.3 Å². The third kappa shape index (κ3) is 3.80. The van der Waals surface area contributed by atoms with Crippen molar-refractivity contribution in [1.82, 2.24) is 10.2 Å². The third-order valence-corrected chi connectivity index (χ3v) is 4.42. The molecule has 3 rings (SSSR count). The molecule has 0 unspecified atom stereocenters. The molecule has 10 heteroatoms. The molecule has 0 fully saturated rings. The number of nitrogens with zero attached hydrogens (tertiary/aromatic N) is 2. The summed E-state index contributed by atoms with van der Waals surface area (Å²) < 4.78 is 0. The number of rotatable bonds is 4. The van der Waals surface area contributed by atoms with Gasteiger partial charge < -0.3 is 5.32 Å². The van der Waals surface area contributed by atoms with Crippen LogP contribution in [0.3, 0.4) is 0 Å². The molecule has 0 radical (unpaired) electrons. The number of anilines is 1. The van der Waals surface area contributed by atoms with Gasteiger partial charge in [0.25, 0.3) is 11.6 Å². The molecule has 0 spiro atoms. The van der Waals surface area contributed by atoms with E-state index in [1.807, 2.05) is 0 Å². The Bertz CT molecular complexity index is 1020. The van der Waals surface area contributed by atoms with Crippen molar-refractivity contribution in [1.29, 1.82) is 0 Å². The first-order valence-corrected chi connectivity index (χ1v) is 8.24. The van der Waals surface area contributed by atoms with Crippen molar-refractivity contribution >= 4 is 52.1 Å². The van der Waals surface area contributed by atoms with Gasteiger partial charge in [-0.1, -0.05) is 40.9 Å². The van der Waals surface area contributed by atoms with Crippen molar-refractivity contribution in [3.8, 4) is 11.3 Å². The van der Waals surface area contributed by atoms with E-state index in [0.29, 0.717) is 21.3 Å².